The number of halogens is 1. The maximum atomic E-state index is 12.5. The molecule has 0 heterocycles. The van der Waals surface area contributed by atoms with Crippen molar-refractivity contribution in [2.75, 3.05) is 0 Å². The van der Waals surface area contributed by atoms with Gasteiger partial charge in [0, 0.05) is 16.0 Å². The topological polar surface area (TPSA) is 29.1 Å². The molecule has 108 valence electrons. The molecular formula is C17H16ClNOS. The average Bonchev–Trinajstić information content (AvgIpc) is 3.31. The zero-order valence-electron chi connectivity index (χ0n) is 11.5. The molecule has 1 saturated carbocycles. The van der Waals surface area contributed by atoms with Gasteiger partial charge in [-0.1, -0.05) is 41.9 Å². The molecule has 0 unspecified atom stereocenters. The largest absolute Gasteiger partial charge is 0.352 e. The van der Waals surface area contributed by atoms with Gasteiger partial charge in [0.25, 0.3) is 0 Å². The maximum Gasteiger partial charge on any atom is 0.238 e. The van der Waals surface area contributed by atoms with Crippen molar-refractivity contribution in [3.63, 3.8) is 0 Å². The van der Waals surface area contributed by atoms with Crippen LogP contribution in [0.15, 0.2) is 59.5 Å². The number of amides is 1. The highest BCUT2D eigenvalue weighted by atomic mass is 35.5. The van der Waals surface area contributed by atoms with E-state index in [1.54, 1.807) is 11.8 Å². The first-order valence-electron chi connectivity index (χ1n) is 7.00. The molecule has 2 aromatic rings. The summed E-state index contributed by atoms with van der Waals surface area (Å²) in [6.45, 7) is 0. The summed E-state index contributed by atoms with van der Waals surface area (Å²) < 4.78 is 0. The smallest absolute Gasteiger partial charge is 0.238 e. The first-order chi connectivity index (χ1) is 10.2. The Bertz CT molecular complexity index is 610. The Labute approximate surface area is 133 Å². The SMILES string of the molecule is O=C(NC1CC1)[C@@H](Sc1ccc(Cl)cc1)c1ccccc1. The summed E-state index contributed by atoms with van der Waals surface area (Å²) in [7, 11) is 0. The van der Waals surface area contributed by atoms with Gasteiger partial charge in [-0.05, 0) is 42.7 Å². The monoisotopic (exact) mass is 317 g/mol. The van der Waals surface area contributed by atoms with Crippen molar-refractivity contribution in [3.05, 3.63) is 65.2 Å². The molecule has 1 N–H and O–H groups in total. The van der Waals surface area contributed by atoms with E-state index in [0.717, 1.165) is 23.3 Å². The molecule has 2 nitrogen and oxygen atoms in total. The van der Waals surface area contributed by atoms with Gasteiger partial charge in [-0.15, -0.1) is 11.8 Å². The van der Waals surface area contributed by atoms with E-state index in [1.807, 2.05) is 54.6 Å². The lowest BCUT2D eigenvalue weighted by Gasteiger charge is -2.17. The van der Waals surface area contributed by atoms with Crippen LogP contribution >= 0.6 is 23.4 Å². The molecule has 0 saturated heterocycles. The molecule has 1 aliphatic rings. The zero-order valence-corrected chi connectivity index (χ0v) is 13.0. The van der Waals surface area contributed by atoms with Gasteiger partial charge in [-0.3, -0.25) is 4.79 Å². The number of hydrogen-bond acceptors (Lipinski definition) is 2. The van der Waals surface area contributed by atoms with E-state index in [4.69, 9.17) is 11.6 Å². The molecule has 0 aliphatic heterocycles. The number of benzene rings is 2. The van der Waals surface area contributed by atoms with Gasteiger partial charge in [-0.2, -0.15) is 0 Å². The molecule has 1 amide bonds. The van der Waals surface area contributed by atoms with Gasteiger partial charge in [0.15, 0.2) is 0 Å². The van der Waals surface area contributed by atoms with Crippen LogP contribution in [0.2, 0.25) is 5.02 Å². The van der Waals surface area contributed by atoms with Crippen LogP contribution in [0.5, 0.6) is 0 Å². The molecule has 1 fully saturated rings. The van der Waals surface area contributed by atoms with Crippen LogP contribution in [0, 0.1) is 0 Å². The van der Waals surface area contributed by atoms with Gasteiger partial charge in [0.2, 0.25) is 5.91 Å². The molecule has 0 radical (unpaired) electrons. The van der Waals surface area contributed by atoms with Crippen molar-refractivity contribution in [2.45, 2.75) is 29.0 Å². The molecule has 1 atom stereocenters. The Morgan fingerprint density at radius 3 is 2.38 bits per heavy atom. The van der Waals surface area contributed by atoms with Crippen LogP contribution in [0.4, 0.5) is 0 Å². The van der Waals surface area contributed by atoms with Crippen LogP contribution in [0.3, 0.4) is 0 Å². The van der Waals surface area contributed by atoms with Gasteiger partial charge in [-0.25, -0.2) is 0 Å². The Morgan fingerprint density at radius 1 is 1.10 bits per heavy atom. The lowest BCUT2D eigenvalue weighted by Crippen LogP contribution is -2.29. The van der Waals surface area contributed by atoms with Crippen molar-refractivity contribution in [1.29, 1.82) is 0 Å². The van der Waals surface area contributed by atoms with E-state index < -0.39 is 0 Å². The Balaban J connectivity index is 1.80. The number of thioether (sulfide) groups is 1. The minimum atomic E-state index is -0.229. The molecule has 21 heavy (non-hydrogen) atoms. The third-order valence-corrected chi connectivity index (χ3v) is 4.85. The summed E-state index contributed by atoms with van der Waals surface area (Å²) in [5.74, 6) is 0.0867. The second-order valence-corrected chi connectivity index (χ2v) is 6.76. The van der Waals surface area contributed by atoms with E-state index in [9.17, 15) is 4.79 Å². The van der Waals surface area contributed by atoms with Gasteiger partial charge in [0.1, 0.15) is 5.25 Å². The normalized spacial score (nSPS) is 15.5. The van der Waals surface area contributed by atoms with E-state index in [2.05, 4.69) is 5.32 Å². The minimum absolute atomic E-state index is 0.0867. The summed E-state index contributed by atoms with van der Waals surface area (Å²) in [6.07, 6.45) is 2.19. The van der Waals surface area contributed by atoms with Crippen molar-refractivity contribution < 1.29 is 4.79 Å². The van der Waals surface area contributed by atoms with Crippen LogP contribution in [-0.4, -0.2) is 11.9 Å². The fourth-order valence-electron chi connectivity index (χ4n) is 2.05. The number of hydrogen-bond donors (Lipinski definition) is 1. The Hall–Kier alpha value is -1.45. The highest BCUT2D eigenvalue weighted by molar-refractivity contribution is 8.00. The lowest BCUT2D eigenvalue weighted by atomic mass is 10.1. The second kappa shape index (κ2) is 6.54. The standard InChI is InChI=1S/C17H16ClNOS/c18-13-6-10-15(11-7-13)21-16(12-4-2-1-3-5-12)17(20)19-14-8-9-14/h1-7,10-11,14,16H,8-9H2,(H,19,20)/t16-/m0/s1. The first-order valence-corrected chi connectivity index (χ1v) is 8.26. The molecule has 1 aliphatic carbocycles. The molecule has 4 heteroatoms. The predicted molar refractivity (Wildman–Crippen MR) is 87.7 cm³/mol. The second-order valence-electron chi connectivity index (χ2n) is 5.15. The van der Waals surface area contributed by atoms with Gasteiger partial charge < -0.3 is 5.32 Å². The van der Waals surface area contributed by atoms with Crippen LogP contribution in [0.25, 0.3) is 0 Å². The Morgan fingerprint density at radius 2 is 1.76 bits per heavy atom. The van der Waals surface area contributed by atoms with Crippen molar-refractivity contribution in [3.8, 4) is 0 Å². The third-order valence-electron chi connectivity index (χ3n) is 3.33. The maximum absolute atomic E-state index is 12.5. The number of carbonyl (C=O) groups excluding carboxylic acids is 1. The molecule has 0 aromatic heterocycles. The summed E-state index contributed by atoms with van der Waals surface area (Å²) in [6, 6.07) is 17.9. The minimum Gasteiger partial charge on any atom is -0.352 e. The average molecular weight is 318 g/mol. The first kappa shape index (κ1) is 14.5. The molecule has 2 aromatic carbocycles. The third kappa shape index (κ3) is 4.02. The van der Waals surface area contributed by atoms with Crippen LogP contribution in [-0.2, 0) is 4.79 Å². The summed E-state index contributed by atoms with van der Waals surface area (Å²) in [5, 5.41) is 3.58. The van der Waals surface area contributed by atoms with E-state index >= 15 is 0 Å². The highest BCUT2D eigenvalue weighted by Gasteiger charge is 2.28. The summed E-state index contributed by atoms with van der Waals surface area (Å²) >= 11 is 7.47. The molecule has 0 spiro atoms. The zero-order chi connectivity index (χ0) is 14.7. The van der Waals surface area contributed by atoms with E-state index in [1.165, 1.54) is 0 Å². The van der Waals surface area contributed by atoms with E-state index in [-0.39, 0.29) is 11.2 Å². The van der Waals surface area contributed by atoms with Crippen molar-refractivity contribution in [2.24, 2.45) is 0 Å². The van der Waals surface area contributed by atoms with Crippen molar-refractivity contribution >= 4 is 29.3 Å². The number of nitrogens with one attached hydrogen (secondary N) is 1. The fraction of sp³-hybridized carbons (Fsp3) is 0.235. The number of rotatable bonds is 5. The summed E-state index contributed by atoms with van der Waals surface area (Å²) in [4.78, 5) is 13.5. The fourth-order valence-corrected chi connectivity index (χ4v) is 3.21. The predicted octanol–water partition coefficient (Wildman–Crippen LogP) is 4.45. The molecule has 3 rings (SSSR count). The van der Waals surface area contributed by atoms with Gasteiger partial charge in [0.05, 0.1) is 0 Å². The van der Waals surface area contributed by atoms with Crippen LogP contribution < -0.4 is 5.32 Å². The molecular weight excluding hydrogens is 302 g/mol. The highest BCUT2D eigenvalue weighted by Crippen LogP contribution is 2.36. The lowest BCUT2D eigenvalue weighted by molar-refractivity contribution is -0.120. The van der Waals surface area contributed by atoms with Crippen molar-refractivity contribution in [1.82, 2.24) is 5.32 Å². The van der Waals surface area contributed by atoms with E-state index in [0.29, 0.717) is 11.1 Å². The Kier molecular flexibility index (Phi) is 4.51. The van der Waals surface area contributed by atoms with Gasteiger partial charge >= 0.3 is 0 Å². The molecule has 0 bridgehead atoms. The summed E-state index contributed by atoms with van der Waals surface area (Å²) in [5.41, 5.74) is 1.02. The number of carbonyl (C=O) groups is 1. The van der Waals surface area contributed by atoms with Crippen LogP contribution in [0.1, 0.15) is 23.7 Å². The quantitative estimate of drug-likeness (QED) is 0.825.